The number of phosphoric ester groups is 1. The minimum atomic E-state index is -4.77. The fourth-order valence-corrected chi connectivity index (χ4v) is 2.15. The minimum absolute atomic E-state index is 0.235. The van der Waals surface area contributed by atoms with Crippen LogP contribution in [-0.2, 0) is 18.7 Å². The van der Waals surface area contributed by atoms with Gasteiger partial charge in [-0.1, -0.05) is 12.8 Å². The van der Waals surface area contributed by atoms with Crippen LogP contribution in [0.15, 0.2) is 0 Å². The lowest BCUT2D eigenvalue weighted by atomic mass is 9.96. The molecule has 3 N–H and O–H groups in total. The van der Waals surface area contributed by atoms with Crippen molar-refractivity contribution in [3.63, 3.8) is 0 Å². The highest BCUT2D eigenvalue weighted by Gasteiger charge is 2.33. The Morgan fingerprint density at radius 2 is 1.82 bits per heavy atom. The number of Topliss-reactive ketones (excluding diaryl/α,β-unsaturated/α-hetero) is 2. The molecule has 17 heavy (non-hydrogen) atoms. The summed E-state index contributed by atoms with van der Waals surface area (Å²) in [4.78, 5) is 39.3. The highest BCUT2D eigenvalue weighted by Crippen LogP contribution is 2.35. The molecule has 0 aromatic heterocycles. The number of carbonyl (C=O) groups excluding carboxylic acids is 2. The zero-order valence-corrected chi connectivity index (χ0v) is 10.0. The van der Waals surface area contributed by atoms with E-state index in [1.165, 1.54) is 0 Å². The standard InChI is InChI=1S/C9H15O7P/c10-7(5-16-17(13,14)15)9(12)8(11)6-3-1-2-4-6/h6,8,11H,1-5H2,(H2,13,14,15). The van der Waals surface area contributed by atoms with Crippen molar-refractivity contribution < 1.29 is 33.6 Å². The van der Waals surface area contributed by atoms with Gasteiger partial charge in [0, 0.05) is 0 Å². The molecule has 1 saturated carbocycles. The van der Waals surface area contributed by atoms with Crippen molar-refractivity contribution in [2.75, 3.05) is 6.61 Å². The van der Waals surface area contributed by atoms with Crippen LogP contribution in [0.5, 0.6) is 0 Å². The number of hydrogen-bond acceptors (Lipinski definition) is 5. The Morgan fingerprint density at radius 3 is 2.29 bits per heavy atom. The lowest BCUT2D eigenvalue weighted by Gasteiger charge is -2.15. The van der Waals surface area contributed by atoms with Gasteiger partial charge in [0.25, 0.3) is 0 Å². The zero-order chi connectivity index (χ0) is 13.1. The van der Waals surface area contributed by atoms with Crippen LogP contribution < -0.4 is 0 Å². The molecule has 0 heterocycles. The highest BCUT2D eigenvalue weighted by molar-refractivity contribution is 7.46. The molecule has 0 radical (unpaired) electrons. The van der Waals surface area contributed by atoms with E-state index < -0.39 is 32.1 Å². The summed E-state index contributed by atoms with van der Waals surface area (Å²) in [5, 5.41) is 9.60. The Balaban J connectivity index is 2.45. The first-order chi connectivity index (χ1) is 7.81. The third-order valence-corrected chi connectivity index (χ3v) is 3.22. The number of aliphatic hydroxyl groups excluding tert-OH is 1. The third-order valence-electron chi connectivity index (χ3n) is 2.75. The maximum atomic E-state index is 11.4. The van der Waals surface area contributed by atoms with E-state index in [2.05, 4.69) is 4.52 Å². The summed E-state index contributed by atoms with van der Waals surface area (Å²) < 4.78 is 14.2. The van der Waals surface area contributed by atoms with Crippen LogP contribution in [0.3, 0.4) is 0 Å². The molecule has 1 aliphatic rings. The van der Waals surface area contributed by atoms with E-state index in [-0.39, 0.29) is 5.92 Å². The van der Waals surface area contributed by atoms with Crippen molar-refractivity contribution in [1.82, 2.24) is 0 Å². The van der Waals surface area contributed by atoms with Crippen LogP contribution >= 0.6 is 7.82 Å². The van der Waals surface area contributed by atoms with Crippen LogP contribution in [0, 0.1) is 5.92 Å². The van der Waals surface area contributed by atoms with Gasteiger partial charge in [0.15, 0.2) is 0 Å². The molecular weight excluding hydrogens is 251 g/mol. The maximum Gasteiger partial charge on any atom is 0.470 e. The molecule has 1 atom stereocenters. The summed E-state index contributed by atoms with van der Waals surface area (Å²) in [6, 6.07) is 0. The van der Waals surface area contributed by atoms with Gasteiger partial charge in [-0.15, -0.1) is 0 Å². The van der Waals surface area contributed by atoms with E-state index in [1.807, 2.05) is 0 Å². The normalized spacial score (nSPS) is 19.2. The predicted octanol–water partition coefficient (Wildman–Crippen LogP) is -0.215. The Kier molecular flexibility index (Phi) is 4.97. The van der Waals surface area contributed by atoms with E-state index in [0.29, 0.717) is 12.8 Å². The minimum Gasteiger partial charge on any atom is -0.385 e. The molecule has 0 saturated heterocycles. The zero-order valence-electron chi connectivity index (χ0n) is 9.11. The lowest BCUT2D eigenvalue weighted by molar-refractivity contribution is -0.144. The second-order valence-corrected chi connectivity index (χ2v) is 5.28. The number of aliphatic hydroxyl groups is 1. The van der Waals surface area contributed by atoms with Crippen LogP contribution in [0.25, 0.3) is 0 Å². The van der Waals surface area contributed by atoms with Crippen LogP contribution in [0.4, 0.5) is 0 Å². The monoisotopic (exact) mass is 266 g/mol. The van der Waals surface area contributed by atoms with Gasteiger partial charge in [0.05, 0.1) is 0 Å². The van der Waals surface area contributed by atoms with E-state index in [9.17, 15) is 19.3 Å². The molecular formula is C9H15O7P. The molecule has 1 rings (SSSR count). The van der Waals surface area contributed by atoms with E-state index in [0.717, 1.165) is 12.8 Å². The van der Waals surface area contributed by atoms with E-state index >= 15 is 0 Å². The third kappa shape index (κ3) is 4.65. The van der Waals surface area contributed by atoms with Crippen molar-refractivity contribution in [2.45, 2.75) is 31.8 Å². The maximum absolute atomic E-state index is 11.4. The molecule has 0 bridgehead atoms. The van der Waals surface area contributed by atoms with Crippen molar-refractivity contribution in [3.05, 3.63) is 0 Å². The molecule has 8 heteroatoms. The average Bonchev–Trinajstić information content (AvgIpc) is 2.76. The second-order valence-electron chi connectivity index (χ2n) is 4.04. The summed E-state index contributed by atoms with van der Waals surface area (Å²) in [6.45, 7) is -1.01. The Hall–Kier alpha value is -0.590. The first-order valence-electron chi connectivity index (χ1n) is 5.26. The fraction of sp³-hybridized carbons (Fsp3) is 0.778. The van der Waals surface area contributed by atoms with E-state index in [1.54, 1.807) is 0 Å². The molecule has 1 unspecified atom stereocenters. The van der Waals surface area contributed by atoms with Crippen molar-refractivity contribution in [1.29, 1.82) is 0 Å². The molecule has 0 spiro atoms. The van der Waals surface area contributed by atoms with Gasteiger partial charge in [-0.2, -0.15) is 0 Å². The van der Waals surface area contributed by atoms with Crippen molar-refractivity contribution in [3.8, 4) is 0 Å². The van der Waals surface area contributed by atoms with Gasteiger partial charge >= 0.3 is 7.82 Å². The van der Waals surface area contributed by atoms with Gasteiger partial charge in [0.1, 0.15) is 12.7 Å². The van der Waals surface area contributed by atoms with Crippen LogP contribution in [0.2, 0.25) is 0 Å². The van der Waals surface area contributed by atoms with Gasteiger partial charge < -0.3 is 14.9 Å². The smallest absolute Gasteiger partial charge is 0.385 e. The summed E-state index contributed by atoms with van der Waals surface area (Å²) in [6.07, 6.45) is 1.79. The average molecular weight is 266 g/mol. The lowest BCUT2D eigenvalue weighted by Crippen LogP contribution is -2.35. The van der Waals surface area contributed by atoms with Gasteiger partial charge in [-0.3, -0.25) is 14.1 Å². The molecule has 0 amide bonds. The van der Waals surface area contributed by atoms with Crippen molar-refractivity contribution in [2.24, 2.45) is 5.92 Å². The van der Waals surface area contributed by atoms with Gasteiger partial charge in [-0.05, 0) is 18.8 Å². The molecule has 1 fully saturated rings. The number of rotatable bonds is 6. The number of phosphoric acid groups is 1. The van der Waals surface area contributed by atoms with Crippen molar-refractivity contribution >= 4 is 19.4 Å². The molecule has 0 aromatic carbocycles. The topological polar surface area (TPSA) is 121 Å². The molecule has 0 aliphatic heterocycles. The number of hydrogen-bond donors (Lipinski definition) is 3. The molecule has 1 aliphatic carbocycles. The Morgan fingerprint density at radius 1 is 1.29 bits per heavy atom. The number of ketones is 2. The van der Waals surface area contributed by atoms with Gasteiger partial charge in [-0.25, -0.2) is 4.57 Å². The first-order valence-corrected chi connectivity index (χ1v) is 6.79. The van der Waals surface area contributed by atoms with Crippen LogP contribution in [0.1, 0.15) is 25.7 Å². The SMILES string of the molecule is O=C(COP(=O)(O)O)C(=O)C(O)C1CCCC1. The largest absolute Gasteiger partial charge is 0.470 e. The summed E-state index contributed by atoms with van der Waals surface area (Å²) in [5.41, 5.74) is 0. The van der Waals surface area contributed by atoms with E-state index in [4.69, 9.17) is 9.79 Å². The summed E-state index contributed by atoms with van der Waals surface area (Å²) >= 11 is 0. The number of carbonyl (C=O) groups is 2. The Labute approximate surface area is 98.0 Å². The molecule has 0 aromatic rings. The quantitative estimate of drug-likeness (QED) is 0.449. The predicted molar refractivity (Wildman–Crippen MR) is 56.0 cm³/mol. The highest BCUT2D eigenvalue weighted by atomic mass is 31.2. The first kappa shape index (κ1) is 14.5. The van der Waals surface area contributed by atoms with Gasteiger partial charge in [0.2, 0.25) is 11.6 Å². The van der Waals surface area contributed by atoms with Crippen LogP contribution in [-0.4, -0.2) is 39.2 Å². The summed E-state index contributed by atoms with van der Waals surface area (Å²) in [7, 11) is -4.77. The molecule has 7 nitrogen and oxygen atoms in total. The Bertz CT molecular complexity index is 341. The summed E-state index contributed by atoms with van der Waals surface area (Å²) in [5.74, 6) is -2.39. The fourth-order valence-electron chi connectivity index (χ4n) is 1.87. The second kappa shape index (κ2) is 5.84. The molecule has 98 valence electrons.